The van der Waals surface area contributed by atoms with Crippen LogP contribution in [0, 0.1) is 0 Å². The normalized spacial score (nSPS) is 16.6. The second kappa shape index (κ2) is 4.09. The van der Waals surface area contributed by atoms with Crippen molar-refractivity contribution in [1.29, 1.82) is 0 Å². The molecule has 6 heteroatoms. The van der Waals surface area contributed by atoms with Crippen molar-refractivity contribution < 1.29 is 4.74 Å². The molecule has 1 aliphatic rings. The summed E-state index contributed by atoms with van der Waals surface area (Å²) in [6, 6.07) is 5.61. The number of nitrogen functional groups attached to an aromatic ring is 1. The van der Waals surface area contributed by atoms with Crippen molar-refractivity contribution >= 4 is 28.6 Å². The van der Waals surface area contributed by atoms with Gasteiger partial charge in [0.2, 0.25) is 5.95 Å². The fraction of sp³-hybridized carbons (Fsp3) is 0.364. The summed E-state index contributed by atoms with van der Waals surface area (Å²) in [5, 5.41) is 2.81. The first-order valence-electron chi connectivity index (χ1n) is 5.52. The molecule has 1 saturated heterocycles. The van der Waals surface area contributed by atoms with Gasteiger partial charge >= 0.3 is 0 Å². The molecule has 0 spiro atoms. The highest BCUT2D eigenvalue weighted by Crippen LogP contribution is 2.22. The lowest BCUT2D eigenvalue weighted by Crippen LogP contribution is -2.44. The van der Waals surface area contributed by atoms with Gasteiger partial charge in [0.15, 0.2) is 0 Å². The smallest absolute Gasteiger partial charge is 0.220 e. The topological polar surface area (TPSA) is 56.3 Å². The summed E-state index contributed by atoms with van der Waals surface area (Å²) in [4.78, 5) is 4.32. The number of benzene rings is 1. The molecule has 2 N–H and O–H groups in total. The van der Waals surface area contributed by atoms with Crippen LogP contribution in [0.3, 0.4) is 0 Å². The second-order valence-electron chi connectivity index (χ2n) is 3.98. The van der Waals surface area contributed by atoms with Crippen LogP contribution in [0.2, 0.25) is 5.02 Å². The Hall–Kier alpha value is -1.46. The van der Waals surface area contributed by atoms with E-state index in [9.17, 15) is 0 Å². The van der Waals surface area contributed by atoms with Crippen molar-refractivity contribution in [2.24, 2.45) is 0 Å². The highest BCUT2D eigenvalue weighted by Gasteiger charge is 2.17. The Morgan fingerprint density at radius 2 is 2.06 bits per heavy atom. The predicted molar refractivity (Wildman–Crippen MR) is 67.9 cm³/mol. The van der Waals surface area contributed by atoms with Gasteiger partial charge in [0.1, 0.15) is 0 Å². The van der Waals surface area contributed by atoms with Gasteiger partial charge in [-0.25, -0.2) is 9.66 Å². The maximum atomic E-state index is 5.96. The molecule has 1 aromatic heterocycles. The Kier molecular flexibility index (Phi) is 2.57. The van der Waals surface area contributed by atoms with Gasteiger partial charge in [0, 0.05) is 5.02 Å². The molecule has 1 fully saturated rings. The Morgan fingerprint density at radius 3 is 2.82 bits per heavy atom. The van der Waals surface area contributed by atoms with Crippen LogP contribution < -0.4 is 10.7 Å². The summed E-state index contributed by atoms with van der Waals surface area (Å²) >= 11 is 5.94. The van der Waals surface area contributed by atoms with Gasteiger partial charge in [-0.2, -0.15) is 0 Å². The van der Waals surface area contributed by atoms with Crippen molar-refractivity contribution in [2.45, 2.75) is 0 Å². The van der Waals surface area contributed by atoms with Crippen LogP contribution in [0.5, 0.6) is 0 Å². The molecule has 0 radical (unpaired) electrons. The molecule has 2 heterocycles. The summed E-state index contributed by atoms with van der Waals surface area (Å²) in [6.07, 6.45) is 0. The molecular weight excluding hydrogens is 240 g/mol. The summed E-state index contributed by atoms with van der Waals surface area (Å²) in [6.45, 7) is 3.07. The van der Waals surface area contributed by atoms with Crippen LogP contribution in [0.1, 0.15) is 0 Å². The van der Waals surface area contributed by atoms with Gasteiger partial charge in [-0.05, 0) is 18.2 Å². The zero-order valence-electron chi connectivity index (χ0n) is 9.27. The highest BCUT2D eigenvalue weighted by atomic mass is 35.5. The summed E-state index contributed by atoms with van der Waals surface area (Å²) in [5.41, 5.74) is 7.76. The van der Waals surface area contributed by atoms with Gasteiger partial charge < -0.3 is 15.5 Å². The van der Waals surface area contributed by atoms with E-state index in [0.717, 1.165) is 24.1 Å². The minimum Gasteiger partial charge on any atom is -0.378 e. The van der Waals surface area contributed by atoms with Crippen molar-refractivity contribution in [1.82, 2.24) is 9.66 Å². The Morgan fingerprint density at radius 1 is 1.29 bits per heavy atom. The number of aromatic nitrogens is 2. The number of fused-ring (bicyclic) bond motifs is 1. The molecule has 17 heavy (non-hydrogen) atoms. The van der Waals surface area contributed by atoms with Crippen molar-refractivity contribution in [3.63, 3.8) is 0 Å². The zero-order chi connectivity index (χ0) is 11.8. The van der Waals surface area contributed by atoms with Gasteiger partial charge in [-0.15, -0.1) is 0 Å². The van der Waals surface area contributed by atoms with Crippen LogP contribution in [-0.4, -0.2) is 36.0 Å². The molecule has 0 aliphatic carbocycles. The summed E-state index contributed by atoms with van der Waals surface area (Å²) in [7, 11) is 0. The van der Waals surface area contributed by atoms with Gasteiger partial charge in [0.25, 0.3) is 0 Å². The molecule has 90 valence electrons. The average Bonchev–Trinajstić information content (AvgIpc) is 2.65. The molecule has 2 aromatic rings. The molecule has 1 aliphatic heterocycles. The van der Waals surface area contributed by atoms with Crippen LogP contribution >= 0.6 is 11.6 Å². The third-order valence-corrected chi connectivity index (χ3v) is 3.12. The predicted octanol–water partition coefficient (Wildman–Crippen LogP) is 1.24. The van der Waals surface area contributed by atoms with E-state index >= 15 is 0 Å². The van der Waals surface area contributed by atoms with E-state index in [2.05, 4.69) is 9.99 Å². The van der Waals surface area contributed by atoms with Crippen LogP contribution in [0.15, 0.2) is 18.2 Å². The maximum absolute atomic E-state index is 5.96. The van der Waals surface area contributed by atoms with Gasteiger partial charge in [-0.1, -0.05) is 11.6 Å². The number of nitrogens with two attached hydrogens (primary N) is 1. The monoisotopic (exact) mass is 252 g/mol. The van der Waals surface area contributed by atoms with Crippen LogP contribution in [0.4, 0.5) is 5.95 Å². The first-order valence-corrected chi connectivity index (χ1v) is 5.90. The van der Waals surface area contributed by atoms with E-state index < -0.39 is 0 Å². The van der Waals surface area contributed by atoms with Gasteiger partial charge in [0.05, 0.1) is 37.3 Å². The summed E-state index contributed by atoms with van der Waals surface area (Å²) < 4.78 is 7.27. The fourth-order valence-electron chi connectivity index (χ4n) is 2.11. The number of morpholine rings is 1. The number of halogens is 1. The molecule has 0 bridgehead atoms. The molecule has 0 atom stereocenters. The minimum absolute atomic E-state index is 0.490. The number of ether oxygens (including phenoxy) is 1. The van der Waals surface area contributed by atoms with E-state index in [-0.39, 0.29) is 0 Å². The number of anilines is 1. The van der Waals surface area contributed by atoms with Crippen molar-refractivity contribution in [3.8, 4) is 0 Å². The molecule has 0 amide bonds. The number of nitrogens with zero attached hydrogens (tertiary/aromatic N) is 3. The molecular formula is C11H13ClN4O. The lowest BCUT2D eigenvalue weighted by Gasteiger charge is -2.30. The molecule has 5 nitrogen and oxygen atoms in total. The average molecular weight is 253 g/mol. The standard InChI is InChI=1S/C11H13ClN4O/c12-8-1-2-10-9(7-8)14-11(13)16(10)15-3-5-17-6-4-15/h1-2,7H,3-6H2,(H2,13,14). The quantitative estimate of drug-likeness (QED) is 0.830. The largest absolute Gasteiger partial charge is 0.378 e. The van der Waals surface area contributed by atoms with Gasteiger partial charge in [-0.3, -0.25) is 0 Å². The Labute approximate surface area is 104 Å². The first-order chi connectivity index (χ1) is 8.25. The molecule has 3 rings (SSSR count). The van der Waals surface area contributed by atoms with E-state index in [0.29, 0.717) is 24.2 Å². The second-order valence-corrected chi connectivity index (χ2v) is 4.42. The molecule has 0 unspecified atom stereocenters. The lowest BCUT2D eigenvalue weighted by molar-refractivity contribution is 0.112. The first kappa shape index (κ1) is 10.7. The third kappa shape index (κ3) is 1.81. The van der Waals surface area contributed by atoms with E-state index in [1.807, 2.05) is 22.9 Å². The molecule has 1 aromatic carbocycles. The number of rotatable bonds is 1. The van der Waals surface area contributed by atoms with Crippen molar-refractivity contribution in [2.75, 3.05) is 37.0 Å². The van der Waals surface area contributed by atoms with Crippen LogP contribution in [-0.2, 0) is 4.74 Å². The SMILES string of the molecule is Nc1nc2cc(Cl)ccc2n1N1CCOCC1. The number of imidazole rings is 1. The number of hydrogen-bond donors (Lipinski definition) is 1. The summed E-state index contributed by atoms with van der Waals surface area (Å²) in [5.74, 6) is 0.490. The van der Waals surface area contributed by atoms with E-state index in [4.69, 9.17) is 22.1 Å². The Bertz CT molecular complexity index is 548. The maximum Gasteiger partial charge on any atom is 0.220 e. The fourth-order valence-corrected chi connectivity index (χ4v) is 2.28. The van der Waals surface area contributed by atoms with Crippen molar-refractivity contribution in [3.05, 3.63) is 23.2 Å². The lowest BCUT2D eigenvalue weighted by atomic mass is 10.3. The molecule has 0 saturated carbocycles. The number of hydrogen-bond acceptors (Lipinski definition) is 4. The minimum atomic E-state index is 0.490. The zero-order valence-corrected chi connectivity index (χ0v) is 10.0. The van der Waals surface area contributed by atoms with E-state index in [1.165, 1.54) is 0 Å². The Balaban J connectivity index is 2.11. The highest BCUT2D eigenvalue weighted by molar-refractivity contribution is 6.31. The van der Waals surface area contributed by atoms with E-state index in [1.54, 1.807) is 0 Å². The third-order valence-electron chi connectivity index (χ3n) is 2.89. The van der Waals surface area contributed by atoms with Crippen LogP contribution in [0.25, 0.3) is 11.0 Å².